The van der Waals surface area contributed by atoms with E-state index in [1.807, 2.05) is 0 Å². The molecule has 2 heterocycles. The van der Waals surface area contributed by atoms with Crippen molar-refractivity contribution in [2.75, 3.05) is 20.3 Å². The first-order chi connectivity index (χ1) is 15.9. The van der Waals surface area contributed by atoms with Gasteiger partial charge in [-0.15, -0.1) is 0 Å². The summed E-state index contributed by atoms with van der Waals surface area (Å²) in [5.41, 5.74) is 0. The van der Waals surface area contributed by atoms with Crippen molar-refractivity contribution in [2.24, 2.45) is 5.90 Å². The van der Waals surface area contributed by atoms with Gasteiger partial charge in [-0.2, -0.15) is 0 Å². The van der Waals surface area contributed by atoms with Crippen LogP contribution in [-0.4, -0.2) is 142 Å². The fraction of sp³-hybridized carbons (Fsp3) is 1.00. The van der Waals surface area contributed by atoms with Crippen LogP contribution < -0.4 is 5.90 Å². The van der Waals surface area contributed by atoms with Gasteiger partial charge in [0.05, 0.1) is 20.3 Å². The van der Waals surface area contributed by atoms with Crippen LogP contribution in [0.4, 0.5) is 0 Å². The van der Waals surface area contributed by atoms with E-state index in [4.69, 9.17) is 40.0 Å². The van der Waals surface area contributed by atoms with Crippen LogP contribution in [0.25, 0.3) is 0 Å². The van der Waals surface area contributed by atoms with Crippen molar-refractivity contribution < 1.29 is 92.9 Å². The molecule has 22 heteroatoms. The minimum absolute atomic E-state index is 0.730. The number of hydrogen-bond acceptors (Lipinski definition) is 16. The molecule has 0 spiro atoms. The molecule has 0 aromatic rings. The molecule has 0 aliphatic carbocycles. The van der Waals surface area contributed by atoms with Gasteiger partial charge in [-0.05, 0) is 0 Å². The highest BCUT2D eigenvalue weighted by atomic mass is 31.2. The van der Waals surface area contributed by atoms with E-state index in [1.165, 1.54) is 7.11 Å². The van der Waals surface area contributed by atoms with Gasteiger partial charge in [-0.25, -0.2) is 15.0 Å². The third-order valence-corrected chi connectivity index (χ3v) is 5.16. The predicted octanol–water partition coefficient (Wildman–Crippen LogP) is -6.70. The molecule has 2 fully saturated rings. The van der Waals surface area contributed by atoms with Crippen molar-refractivity contribution >= 4 is 15.6 Å². The highest BCUT2D eigenvalue weighted by Gasteiger charge is 2.44. The molecule has 10 atom stereocenters. The van der Waals surface area contributed by atoms with E-state index in [0.29, 0.717) is 0 Å². The number of phosphoric acid groups is 2. The third kappa shape index (κ3) is 12.7. The van der Waals surface area contributed by atoms with Crippen molar-refractivity contribution in [1.82, 2.24) is 0 Å². The Morgan fingerprint density at radius 3 is 1.11 bits per heavy atom. The lowest BCUT2D eigenvalue weighted by atomic mass is 10.00. The molecule has 2 rings (SSSR count). The maximum absolute atomic E-state index is 10.4. The molecular weight excluding hydrogens is 536 g/mol. The topological polar surface area (TPSA) is 349 Å². The number of aliphatic hydroxyl groups is 8. The Morgan fingerprint density at radius 1 is 0.629 bits per heavy atom. The fourth-order valence-electron chi connectivity index (χ4n) is 2.48. The van der Waals surface area contributed by atoms with Gasteiger partial charge in [0, 0.05) is 0 Å². The van der Waals surface area contributed by atoms with Crippen molar-refractivity contribution in [1.29, 1.82) is 0 Å². The van der Waals surface area contributed by atoms with Crippen molar-refractivity contribution in [2.45, 2.75) is 61.4 Å². The largest absolute Gasteiger partial charge is 0.469 e. The number of aliphatic hydroxyl groups excluding tert-OH is 8. The molecule has 0 amide bonds. The maximum Gasteiger partial charge on any atom is 0.469 e. The van der Waals surface area contributed by atoms with Crippen molar-refractivity contribution in [3.05, 3.63) is 0 Å². The molecule has 0 bridgehead atoms. The van der Waals surface area contributed by atoms with Gasteiger partial charge in [0.25, 0.3) is 0 Å². The Bertz CT molecular complexity index is 634. The van der Waals surface area contributed by atoms with Gasteiger partial charge in [-0.1, -0.05) is 0 Å². The molecule has 2 saturated heterocycles. The summed E-state index contributed by atoms with van der Waals surface area (Å²) < 4.78 is 38.0. The Hall–Kier alpha value is -0.260. The Balaban J connectivity index is 0.000000594. The highest BCUT2D eigenvalue weighted by molar-refractivity contribution is 7.46. The average molecular weight is 567 g/mol. The molecule has 35 heavy (non-hydrogen) atoms. The highest BCUT2D eigenvalue weighted by Crippen LogP contribution is 2.37. The second-order valence-corrected chi connectivity index (χ2v) is 9.36. The summed E-state index contributed by atoms with van der Waals surface area (Å²) in [6.07, 6.45) is -16.2. The Morgan fingerprint density at radius 2 is 0.886 bits per heavy atom. The average Bonchev–Trinajstić information content (AvgIpc) is 2.73. The van der Waals surface area contributed by atoms with E-state index in [-0.39, 0.29) is 0 Å². The van der Waals surface area contributed by atoms with Gasteiger partial charge >= 0.3 is 15.6 Å². The number of ether oxygens (including phenoxy) is 2. The normalized spacial score (nSPS) is 38.0. The Labute approximate surface area is 197 Å². The SMILES string of the molecule is CON.O=P(O)(O)OC[C@H]1O[C@H](O)[C@H](O)[C@@H](O)[C@@H]1O.O=P(O)(O)OC[C@H]1O[C@H](O)[C@H](O)[C@@H](O)[C@@H]1O. The molecule has 0 radical (unpaired) electrons. The summed E-state index contributed by atoms with van der Waals surface area (Å²) in [7, 11) is -8.06. The van der Waals surface area contributed by atoms with Gasteiger partial charge in [-0.3, -0.25) is 9.05 Å². The first-order valence-electron chi connectivity index (χ1n) is 9.24. The third-order valence-electron chi connectivity index (χ3n) is 4.19. The van der Waals surface area contributed by atoms with E-state index in [2.05, 4.69) is 29.3 Å². The lowest BCUT2D eigenvalue weighted by Crippen LogP contribution is -2.58. The maximum atomic E-state index is 10.4. The van der Waals surface area contributed by atoms with Crippen LogP contribution in [0, 0.1) is 0 Å². The molecule has 20 nitrogen and oxygen atoms in total. The smallest absolute Gasteiger partial charge is 0.387 e. The lowest BCUT2D eigenvalue weighted by Gasteiger charge is -2.38. The molecule has 2 aliphatic rings. The minimum Gasteiger partial charge on any atom is -0.387 e. The number of phosphoric ester groups is 2. The van der Waals surface area contributed by atoms with E-state index in [1.54, 1.807) is 0 Å². The van der Waals surface area contributed by atoms with E-state index < -0.39 is 90.3 Å². The zero-order valence-corrected chi connectivity index (χ0v) is 19.7. The molecule has 14 N–H and O–H groups in total. The predicted molar refractivity (Wildman–Crippen MR) is 105 cm³/mol. The summed E-state index contributed by atoms with van der Waals surface area (Å²) >= 11 is 0. The summed E-state index contributed by atoms with van der Waals surface area (Å²) in [6.45, 7) is -1.46. The summed E-state index contributed by atoms with van der Waals surface area (Å²) in [6, 6.07) is 0. The molecule has 2 aliphatic heterocycles. The van der Waals surface area contributed by atoms with Crippen LogP contribution in [0.1, 0.15) is 0 Å². The van der Waals surface area contributed by atoms with E-state index >= 15 is 0 Å². The van der Waals surface area contributed by atoms with E-state index in [9.17, 15) is 29.6 Å². The minimum atomic E-state index is -4.73. The number of nitrogens with two attached hydrogens (primary N) is 1. The number of hydrogen-bond donors (Lipinski definition) is 13. The van der Waals surface area contributed by atoms with Crippen LogP contribution in [-0.2, 0) is 32.5 Å². The number of rotatable bonds is 6. The van der Waals surface area contributed by atoms with Gasteiger partial charge < -0.3 is 74.7 Å². The molecular formula is C13H31NO19P2. The monoisotopic (exact) mass is 567 g/mol. The molecule has 0 saturated carbocycles. The van der Waals surface area contributed by atoms with Gasteiger partial charge in [0.1, 0.15) is 48.8 Å². The lowest BCUT2D eigenvalue weighted by molar-refractivity contribution is -0.285. The fourth-order valence-corrected chi connectivity index (χ4v) is 3.16. The molecule has 0 unspecified atom stereocenters. The molecule has 0 aromatic heterocycles. The summed E-state index contributed by atoms with van der Waals surface area (Å²) in [5.74, 6) is 4.35. The van der Waals surface area contributed by atoms with Crippen LogP contribution in [0.15, 0.2) is 0 Å². The van der Waals surface area contributed by atoms with Crippen molar-refractivity contribution in [3.8, 4) is 0 Å². The van der Waals surface area contributed by atoms with Gasteiger partial charge in [0.2, 0.25) is 0 Å². The molecule has 0 aromatic carbocycles. The van der Waals surface area contributed by atoms with E-state index in [0.717, 1.165) is 0 Å². The first kappa shape index (κ1) is 34.7. The van der Waals surface area contributed by atoms with Crippen LogP contribution in [0.2, 0.25) is 0 Å². The Kier molecular flexibility index (Phi) is 15.1. The van der Waals surface area contributed by atoms with Crippen LogP contribution in [0.5, 0.6) is 0 Å². The second-order valence-electron chi connectivity index (χ2n) is 6.88. The quantitative estimate of drug-likeness (QED) is 0.105. The van der Waals surface area contributed by atoms with Gasteiger partial charge in [0.15, 0.2) is 12.6 Å². The zero-order valence-electron chi connectivity index (χ0n) is 17.9. The molecule has 212 valence electrons. The van der Waals surface area contributed by atoms with Crippen LogP contribution in [0.3, 0.4) is 0 Å². The standard InChI is InChI=1S/2C6H13O9P.CH5NO/c2*7-3-2(1-14-16(11,12)13)15-6(10)5(9)4(3)8;1-3-2/h2*2-10H,1H2,(H2,11,12,13);2H2,1H3/t2*2-,3-,4+,5-,6+;/m11./s1. The first-order valence-corrected chi connectivity index (χ1v) is 12.3. The second kappa shape index (κ2) is 15.2. The summed E-state index contributed by atoms with van der Waals surface area (Å²) in [4.78, 5) is 37.3. The summed E-state index contributed by atoms with van der Waals surface area (Å²) in [5, 5.41) is 73.5. The zero-order chi connectivity index (χ0) is 27.7. The van der Waals surface area contributed by atoms with Crippen LogP contribution >= 0.6 is 15.6 Å². The van der Waals surface area contributed by atoms with Crippen molar-refractivity contribution in [3.63, 3.8) is 0 Å².